The Bertz CT molecular complexity index is 661. The first-order valence-electron chi connectivity index (χ1n) is 14.7. The summed E-state index contributed by atoms with van der Waals surface area (Å²) in [5.41, 5.74) is 0. The number of carbonyl (C=O) groups is 2. The summed E-state index contributed by atoms with van der Waals surface area (Å²) in [5.74, 6) is -0.384. The van der Waals surface area contributed by atoms with Crippen molar-refractivity contribution < 1.29 is 9.59 Å². The zero-order chi connectivity index (χ0) is 25.6. The Balaban J connectivity index is 2.30. The third-order valence-corrected chi connectivity index (χ3v) is 8.61. The quantitative estimate of drug-likeness (QED) is 0.0763. The molecular formula is C30H52BrNO2S. The van der Waals surface area contributed by atoms with Gasteiger partial charge < -0.3 is 5.32 Å². The van der Waals surface area contributed by atoms with Crippen LogP contribution in [0.4, 0.5) is 0 Å². The molecular weight excluding hydrogens is 518 g/mol. The van der Waals surface area contributed by atoms with Gasteiger partial charge in [0.25, 0.3) is 11.7 Å². The summed E-state index contributed by atoms with van der Waals surface area (Å²) < 4.78 is 0.877. The second kappa shape index (κ2) is 22.5. The van der Waals surface area contributed by atoms with Gasteiger partial charge in [0.1, 0.15) is 0 Å². The van der Waals surface area contributed by atoms with E-state index in [0.29, 0.717) is 17.3 Å². The van der Waals surface area contributed by atoms with Gasteiger partial charge in [-0.05, 0) is 46.8 Å². The molecule has 1 heterocycles. The number of amides is 1. The number of unbranched alkanes of at least 4 members (excludes halogenated alkanes) is 16. The molecule has 0 saturated heterocycles. The predicted octanol–water partition coefficient (Wildman–Crippen LogP) is 10.3. The molecule has 0 aliphatic heterocycles. The molecule has 1 amide bonds. The number of nitrogens with one attached hydrogen (secondary N) is 1. The smallest absolute Gasteiger partial charge is 0.293 e. The molecule has 0 aliphatic carbocycles. The third-order valence-electron chi connectivity index (χ3n) is 6.99. The summed E-state index contributed by atoms with van der Waals surface area (Å²) >= 11 is 4.69. The molecule has 1 rings (SSSR count). The Morgan fingerprint density at radius 1 is 0.714 bits per heavy atom. The molecule has 202 valence electrons. The van der Waals surface area contributed by atoms with Gasteiger partial charge in [-0.1, -0.05) is 129 Å². The monoisotopic (exact) mass is 569 g/mol. The van der Waals surface area contributed by atoms with Gasteiger partial charge in [0.2, 0.25) is 0 Å². The van der Waals surface area contributed by atoms with Crippen LogP contribution in [0.15, 0.2) is 15.9 Å². The predicted molar refractivity (Wildman–Crippen MR) is 157 cm³/mol. The van der Waals surface area contributed by atoms with E-state index in [4.69, 9.17) is 0 Å². The van der Waals surface area contributed by atoms with Crippen LogP contribution in [0.2, 0.25) is 0 Å². The first-order valence-corrected chi connectivity index (χ1v) is 16.3. The number of ketones is 1. The van der Waals surface area contributed by atoms with Crippen molar-refractivity contribution in [1.82, 2.24) is 5.32 Å². The summed E-state index contributed by atoms with van der Waals surface area (Å²) in [6.45, 7) is 5.17. The molecule has 5 heteroatoms. The van der Waals surface area contributed by atoms with Crippen LogP contribution in [0, 0.1) is 5.92 Å². The Morgan fingerprint density at radius 2 is 1.14 bits per heavy atom. The fourth-order valence-corrected chi connectivity index (χ4v) is 6.02. The second-order valence-electron chi connectivity index (χ2n) is 10.2. The van der Waals surface area contributed by atoms with Crippen molar-refractivity contribution in [2.24, 2.45) is 5.92 Å². The van der Waals surface area contributed by atoms with Crippen LogP contribution in [0.1, 0.15) is 152 Å². The van der Waals surface area contributed by atoms with Crippen molar-refractivity contribution in [2.75, 3.05) is 6.54 Å². The van der Waals surface area contributed by atoms with Crippen molar-refractivity contribution in [3.8, 4) is 0 Å². The zero-order valence-electron chi connectivity index (χ0n) is 22.7. The highest BCUT2D eigenvalue weighted by Gasteiger charge is 2.19. The van der Waals surface area contributed by atoms with Crippen molar-refractivity contribution in [1.29, 1.82) is 0 Å². The average molecular weight is 571 g/mol. The zero-order valence-corrected chi connectivity index (χ0v) is 25.1. The molecule has 0 fully saturated rings. The van der Waals surface area contributed by atoms with E-state index in [1.165, 1.54) is 127 Å². The highest BCUT2D eigenvalue weighted by Crippen LogP contribution is 2.23. The molecule has 1 aromatic heterocycles. The molecule has 1 aromatic rings. The number of carbonyl (C=O) groups excluding carboxylic acids is 2. The van der Waals surface area contributed by atoms with Crippen LogP contribution in [0.5, 0.6) is 0 Å². The van der Waals surface area contributed by atoms with E-state index in [0.717, 1.165) is 16.6 Å². The van der Waals surface area contributed by atoms with Gasteiger partial charge in [0.15, 0.2) is 0 Å². The minimum Gasteiger partial charge on any atom is -0.349 e. The van der Waals surface area contributed by atoms with Crippen LogP contribution in [-0.4, -0.2) is 18.2 Å². The van der Waals surface area contributed by atoms with E-state index in [9.17, 15) is 9.59 Å². The van der Waals surface area contributed by atoms with E-state index >= 15 is 0 Å². The van der Waals surface area contributed by atoms with E-state index in [-0.39, 0.29) is 0 Å². The summed E-state index contributed by atoms with van der Waals surface area (Å²) in [5, 5.41) is 2.95. The Hall–Kier alpha value is -0.680. The lowest BCUT2D eigenvalue weighted by atomic mass is 9.93. The van der Waals surface area contributed by atoms with E-state index < -0.39 is 11.7 Å². The number of hydrogen-bond donors (Lipinski definition) is 1. The minimum absolute atomic E-state index is 0.412. The minimum atomic E-state index is -0.455. The number of halogens is 1. The fourth-order valence-electron chi connectivity index (χ4n) is 4.70. The van der Waals surface area contributed by atoms with Gasteiger partial charge >= 0.3 is 0 Å². The summed E-state index contributed by atoms with van der Waals surface area (Å²) in [6.07, 6.45) is 26.4. The molecule has 0 aromatic carbocycles. The van der Waals surface area contributed by atoms with Crippen molar-refractivity contribution >= 4 is 39.0 Å². The third kappa shape index (κ3) is 17.4. The van der Waals surface area contributed by atoms with Gasteiger partial charge in [-0.15, -0.1) is 11.3 Å². The highest BCUT2D eigenvalue weighted by atomic mass is 79.9. The van der Waals surface area contributed by atoms with Crippen molar-refractivity contribution in [3.05, 3.63) is 20.8 Å². The van der Waals surface area contributed by atoms with Gasteiger partial charge in [0.05, 0.1) is 8.66 Å². The molecule has 1 unspecified atom stereocenters. The largest absolute Gasteiger partial charge is 0.349 e. The first kappa shape index (κ1) is 32.3. The number of Topliss-reactive ketones (excluding diaryl/α,β-unsaturated/α-hetero) is 1. The number of hydrogen-bond acceptors (Lipinski definition) is 3. The molecule has 0 aliphatic rings. The molecule has 1 atom stereocenters. The number of rotatable bonds is 24. The van der Waals surface area contributed by atoms with E-state index in [1.54, 1.807) is 6.07 Å². The highest BCUT2D eigenvalue weighted by molar-refractivity contribution is 9.11. The maximum atomic E-state index is 12.4. The van der Waals surface area contributed by atoms with Crippen LogP contribution in [-0.2, 0) is 4.79 Å². The van der Waals surface area contributed by atoms with Gasteiger partial charge in [-0.25, -0.2) is 0 Å². The second-order valence-corrected chi connectivity index (χ2v) is 12.7. The fraction of sp³-hybridized carbons (Fsp3) is 0.800. The standard InChI is InChI=1S/C30H52BrNO2S/c1-3-5-7-9-11-13-14-16-18-20-22-26(21-19-17-15-12-10-8-6-4-2)25-32-30(34)29(33)27-23-24-28(31)35-27/h23-24,26H,3-22,25H2,1-2H3,(H,32,34). The average Bonchev–Trinajstić information content (AvgIpc) is 3.30. The Labute approximate surface area is 228 Å². The summed E-state index contributed by atoms with van der Waals surface area (Å²) in [6, 6.07) is 3.54. The van der Waals surface area contributed by atoms with E-state index in [1.807, 2.05) is 6.07 Å². The Morgan fingerprint density at radius 3 is 1.54 bits per heavy atom. The van der Waals surface area contributed by atoms with Crippen molar-refractivity contribution in [3.63, 3.8) is 0 Å². The Kier molecular flexibility index (Phi) is 20.8. The molecule has 0 spiro atoms. The SMILES string of the molecule is CCCCCCCCCCCCC(CCCCCCCCCC)CNC(=O)C(=O)c1ccc(Br)s1. The summed E-state index contributed by atoms with van der Waals surface area (Å²) in [4.78, 5) is 25.3. The van der Waals surface area contributed by atoms with Gasteiger partial charge in [0, 0.05) is 6.54 Å². The molecule has 3 nitrogen and oxygen atoms in total. The lowest BCUT2D eigenvalue weighted by Gasteiger charge is -2.17. The van der Waals surface area contributed by atoms with Crippen LogP contribution < -0.4 is 5.32 Å². The lowest BCUT2D eigenvalue weighted by molar-refractivity contribution is -0.117. The lowest BCUT2D eigenvalue weighted by Crippen LogP contribution is -2.34. The first-order chi connectivity index (χ1) is 17.1. The van der Waals surface area contributed by atoms with E-state index in [2.05, 4.69) is 35.1 Å². The van der Waals surface area contributed by atoms with Gasteiger partial charge in [-0.2, -0.15) is 0 Å². The van der Waals surface area contributed by atoms with Crippen LogP contribution in [0.3, 0.4) is 0 Å². The van der Waals surface area contributed by atoms with Crippen LogP contribution >= 0.6 is 27.3 Å². The van der Waals surface area contributed by atoms with Gasteiger partial charge in [-0.3, -0.25) is 9.59 Å². The molecule has 0 saturated carbocycles. The van der Waals surface area contributed by atoms with Crippen LogP contribution in [0.25, 0.3) is 0 Å². The maximum absolute atomic E-state index is 12.4. The maximum Gasteiger partial charge on any atom is 0.293 e. The topological polar surface area (TPSA) is 46.2 Å². The molecule has 0 bridgehead atoms. The number of thiophene rings is 1. The molecule has 1 N–H and O–H groups in total. The van der Waals surface area contributed by atoms with Crippen molar-refractivity contribution in [2.45, 2.75) is 142 Å². The summed E-state index contributed by atoms with van der Waals surface area (Å²) in [7, 11) is 0. The normalized spacial score (nSPS) is 12.1. The molecule has 0 radical (unpaired) electrons. The molecule has 35 heavy (non-hydrogen) atoms.